The van der Waals surface area contributed by atoms with Crippen LogP contribution in [0.5, 0.6) is 11.5 Å². The number of ether oxygens (including phenoxy) is 2. The fourth-order valence-electron chi connectivity index (χ4n) is 2.74. The molecule has 0 amide bonds. The molecule has 2 N–H and O–H groups in total. The molecule has 0 fully saturated rings. The number of nitrogen functional groups attached to an aromatic ring is 1. The van der Waals surface area contributed by atoms with Crippen molar-refractivity contribution in [2.75, 3.05) is 13.0 Å². The molecule has 0 bridgehead atoms. The van der Waals surface area contributed by atoms with E-state index >= 15 is 0 Å². The number of benzene rings is 2. The smallest absolute Gasteiger partial charge is 0.387 e. The van der Waals surface area contributed by atoms with E-state index in [1.54, 1.807) is 30.6 Å². The summed E-state index contributed by atoms with van der Waals surface area (Å²) in [5, 5.41) is 11.7. The van der Waals surface area contributed by atoms with Gasteiger partial charge in [0.1, 0.15) is 16.5 Å². The van der Waals surface area contributed by atoms with Crippen LogP contribution < -0.4 is 15.3 Å². The molecule has 0 aliphatic rings. The number of hydrogen-bond donors (Lipinski definition) is 1. The number of rotatable bonds is 8. The molecule has 4 aromatic rings. The van der Waals surface area contributed by atoms with E-state index in [9.17, 15) is 8.78 Å². The van der Waals surface area contributed by atoms with Crippen molar-refractivity contribution in [1.82, 2.24) is 19.9 Å². The van der Waals surface area contributed by atoms with Crippen LogP contribution in [0.4, 0.5) is 8.78 Å². The normalized spacial score (nSPS) is 11.1. The number of methoxy groups -OCH3 is 1. The van der Waals surface area contributed by atoms with Crippen LogP contribution >= 0.6 is 23.1 Å². The van der Waals surface area contributed by atoms with Gasteiger partial charge < -0.3 is 15.3 Å². The first-order valence-electron chi connectivity index (χ1n) is 9.01. The molecule has 0 radical (unpaired) electrons. The first kappa shape index (κ1) is 21.1. The van der Waals surface area contributed by atoms with E-state index in [4.69, 9.17) is 10.6 Å². The van der Waals surface area contributed by atoms with E-state index < -0.39 is 6.61 Å². The van der Waals surface area contributed by atoms with Gasteiger partial charge >= 0.3 is 6.61 Å². The van der Waals surface area contributed by atoms with Crippen LogP contribution in [0.25, 0.3) is 22.0 Å². The van der Waals surface area contributed by atoms with Gasteiger partial charge in [-0.05, 0) is 48.5 Å². The van der Waals surface area contributed by atoms with Gasteiger partial charge in [0, 0.05) is 22.3 Å². The summed E-state index contributed by atoms with van der Waals surface area (Å²) >= 11 is 2.96. The monoisotopic (exact) mass is 461 g/mol. The molecule has 0 saturated heterocycles. The number of nitrogens with zero attached hydrogens (tertiary/aromatic N) is 4. The largest absolute Gasteiger partial charge is 0.497 e. The van der Waals surface area contributed by atoms with Crippen LogP contribution in [0.1, 0.15) is 5.69 Å². The zero-order chi connectivity index (χ0) is 21.8. The summed E-state index contributed by atoms with van der Waals surface area (Å²) < 4.78 is 35.5. The summed E-state index contributed by atoms with van der Waals surface area (Å²) in [5.74, 6) is 7.98. The Morgan fingerprint density at radius 1 is 1.03 bits per heavy atom. The van der Waals surface area contributed by atoms with Crippen molar-refractivity contribution in [3.8, 4) is 33.5 Å². The molecule has 0 spiro atoms. The summed E-state index contributed by atoms with van der Waals surface area (Å²) in [6, 6.07) is 13.8. The molecule has 0 saturated carbocycles. The van der Waals surface area contributed by atoms with Crippen molar-refractivity contribution in [3.63, 3.8) is 0 Å². The molecule has 2 heterocycles. The number of aromatic nitrogens is 4. The standard InChI is InChI=1S/C20H17F2N5O2S2/c1-28-15-6-4-13(5-7-15)18-24-14(10-30-18)11-31-20-26-25-17(27(20)23)12-2-8-16(9-3-12)29-19(21)22/h2-10,19H,11,23H2,1H3. The van der Waals surface area contributed by atoms with Gasteiger partial charge in [-0.1, -0.05) is 11.8 Å². The van der Waals surface area contributed by atoms with Gasteiger partial charge in [0.15, 0.2) is 5.82 Å². The van der Waals surface area contributed by atoms with Gasteiger partial charge in [0.25, 0.3) is 0 Å². The zero-order valence-corrected chi connectivity index (χ0v) is 17.9. The summed E-state index contributed by atoms with van der Waals surface area (Å²) in [7, 11) is 1.63. The van der Waals surface area contributed by atoms with Gasteiger partial charge in [0.05, 0.1) is 12.8 Å². The summed E-state index contributed by atoms with van der Waals surface area (Å²) in [5.41, 5.74) is 2.56. The van der Waals surface area contributed by atoms with Crippen LogP contribution in [0.15, 0.2) is 59.1 Å². The summed E-state index contributed by atoms with van der Waals surface area (Å²) in [4.78, 5) is 4.66. The second kappa shape index (κ2) is 9.31. The van der Waals surface area contributed by atoms with E-state index in [-0.39, 0.29) is 5.75 Å². The Bertz CT molecular complexity index is 1150. The minimum absolute atomic E-state index is 0.0626. The fourth-order valence-corrected chi connectivity index (χ4v) is 4.42. The van der Waals surface area contributed by atoms with Crippen LogP contribution in [-0.4, -0.2) is 33.6 Å². The highest BCUT2D eigenvalue weighted by Gasteiger charge is 2.14. The van der Waals surface area contributed by atoms with E-state index in [0.29, 0.717) is 22.3 Å². The van der Waals surface area contributed by atoms with E-state index in [2.05, 4.69) is 19.9 Å². The fraction of sp³-hybridized carbons (Fsp3) is 0.150. The topological polar surface area (TPSA) is 88.1 Å². The van der Waals surface area contributed by atoms with Crippen molar-refractivity contribution in [2.45, 2.75) is 17.5 Å². The third kappa shape index (κ3) is 4.94. The first-order chi connectivity index (χ1) is 15.0. The lowest BCUT2D eigenvalue weighted by Gasteiger charge is -2.06. The van der Waals surface area contributed by atoms with Crippen LogP contribution in [0.2, 0.25) is 0 Å². The SMILES string of the molecule is COc1ccc(-c2nc(CSc3nnc(-c4ccc(OC(F)F)cc4)n3N)cs2)cc1. The molecule has 4 rings (SSSR count). The zero-order valence-electron chi connectivity index (χ0n) is 16.2. The van der Waals surface area contributed by atoms with Gasteiger partial charge in [0.2, 0.25) is 5.16 Å². The minimum Gasteiger partial charge on any atom is -0.497 e. The number of thiazole rings is 1. The molecule has 0 aliphatic heterocycles. The molecular formula is C20H17F2N5O2S2. The maximum atomic E-state index is 12.3. The number of nitrogens with two attached hydrogens (primary N) is 1. The van der Waals surface area contributed by atoms with Gasteiger partial charge in [-0.2, -0.15) is 8.78 Å². The van der Waals surface area contributed by atoms with Crippen LogP contribution in [-0.2, 0) is 5.75 Å². The lowest BCUT2D eigenvalue weighted by Crippen LogP contribution is -2.11. The number of halogens is 2. The molecule has 7 nitrogen and oxygen atoms in total. The van der Waals surface area contributed by atoms with Crippen LogP contribution in [0, 0.1) is 0 Å². The predicted octanol–water partition coefficient (Wildman–Crippen LogP) is 4.68. The van der Waals surface area contributed by atoms with E-state index in [0.717, 1.165) is 22.0 Å². The number of thioether (sulfide) groups is 1. The molecular weight excluding hydrogens is 444 g/mol. The first-order valence-corrected chi connectivity index (χ1v) is 10.9. The van der Waals surface area contributed by atoms with E-state index in [1.165, 1.54) is 28.6 Å². The Kier molecular flexibility index (Phi) is 6.33. The van der Waals surface area contributed by atoms with Gasteiger partial charge in [-0.15, -0.1) is 21.5 Å². The molecule has 0 unspecified atom stereocenters. The Morgan fingerprint density at radius 2 is 1.71 bits per heavy atom. The van der Waals surface area contributed by atoms with E-state index in [1.807, 2.05) is 29.6 Å². The average Bonchev–Trinajstić information content (AvgIpc) is 3.39. The lowest BCUT2D eigenvalue weighted by atomic mass is 10.2. The highest BCUT2D eigenvalue weighted by molar-refractivity contribution is 7.98. The Labute approximate surface area is 184 Å². The lowest BCUT2D eigenvalue weighted by molar-refractivity contribution is -0.0498. The molecule has 31 heavy (non-hydrogen) atoms. The van der Waals surface area contributed by atoms with Crippen molar-refractivity contribution in [1.29, 1.82) is 0 Å². The number of hydrogen-bond acceptors (Lipinski definition) is 8. The Balaban J connectivity index is 1.42. The quantitative estimate of drug-likeness (QED) is 0.301. The highest BCUT2D eigenvalue weighted by Crippen LogP contribution is 2.29. The second-order valence-electron chi connectivity index (χ2n) is 6.24. The highest BCUT2D eigenvalue weighted by atomic mass is 32.2. The Morgan fingerprint density at radius 3 is 2.39 bits per heavy atom. The maximum absolute atomic E-state index is 12.3. The van der Waals surface area contributed by atoms with Crippen molar-refractivity contribution >= 4 is 23.1 Å². The molecule has 11 heteroatoms. The van der Waals surface area contributed by atoms with Gasteiger partial charge in [-0.25, -0.2) is 9.66 Å². The second-order valence-corrected chi connectivity index (χ2v) is 8.04. The third-order valence-electron chi connectivity index (χ3n) is 4.24. The molecule has 0 atom stereocenters. The molecule has 2 aromatic heterocycles. The van der Waals surface area contributed by atoms with Crippen LogP contribution in [0.3, 0.4) is 0 Å². The number of alkyl halides is 2. The van der Waals surface area contributed by atoms with Crippen molar-refractivity contribution in [3.05, 3.63) is 59.6 Å². The minimum atomic E-state index is -2.87. The summed E-state index contributed by atoms with van der Waals surface area (Å²) in [6.07, 6.45) is 0. The van der Waals surface area contributed by atoms with Crippen molar-refractivity contribution in [2.24, 2.45) is 0 Å². The Hall–Kier alpha value is -3.18. The molecule has 160 valence electrons. The average molecular weight is 462 g/mol. The molecule has 2 aromatic carbocycles. The predicted molar refractivity (Wildman–Crippen MR) is 116 cm³/mol. The van der Waals surface area contributed by atoms with Gasteiger partial charge in [-0.3, -0.25) is 0 Å². The third-order valence-corrected chi connectivity index (χ3v) is 6.16. The molecule has 0 aliphatic carbocycles. The van der Waals surface area contributed by atoms with Crippen molar-refractivity contribution < 1.29 is 18.3 Å². The maximum Gasteiger partial charge on any atom is 0.387 e. The summed E-state index contributed by atoms with van der Waals surface area (Å²) in [6.45, 7) is -2.87.